The Morgan fingerprint density at radius 3 is 2.78 bits per heavy atom. The van der Waals surface area contributed by atoms with E-state index in [1.54, 1.807) is 0 Å². The highest BCUT2D eigenvalue weighted by molar-refractivity contribution is 5.85. The molecule has 0 aliphatic rings. The molecule has 3 heteroatoms. The SMILES string of the molecule is CCOC(O)CNCc1cccc2ccccc12. The Morgan fingerprint density at radius 1 is 1.17 bits per heavy atom. The molecule has 96 valence electrons. The minimum atomic E-state index is -0.732. The third kappa shape index (κ3) is 3.29. The van der Waals surface area contributed by atoms with E-state index in [-0.39, 0.29) is 0 Å². The second kappa shape index (κ2) is 6.50. The molecule has 2 aromatic rings. The molecule has 0 fully saturated rings. The highest BCUT2D eigenvalue weighted by Gasteiger charge is 2.03. The first-order valence-corrected chi connectivity index (χ1v) is 6.28. The van der Waals surface area contributed by atoms with Gasteiger partial charge in [-0.15, -0.1) is 0 Å². The van der Waals surface area contributed by atoms with E-state index in [4.69, 9.17) is 4.74 Å². The van der Waals surface area contributed by atoms with Gasteiger partial charge in [-0.2, -0.15) is 0 Å². The molecule has 1 atom stereocenters. The maximum absolute atomic E-state index is 9.46. The maximum atomic E-state index is 9.46. The van der Waals surface area contributed by atoms with Gasteiger partial charge in [0, 0.05) is 19.7 Å². The number of hydrogen-bond donors (Lipinski definition) is 2. The van der Waals surface area contributed by atoms with Gasteiger partial charge in [0.15, 0.2) is 6.29 Å². The summed E-state index contributed by atoms with van der Waals surface area (Å²) in [6.45, 7) is 3.56. The molecule has 0 spiro atoms. The van der Waals surface area contributed by atoms with Crippen molar-refractivity contribution >= 4 is 10.8 Å². The van der Waals surface area contributed by atoms with Gasteiger partial charge in [0.25, 0.3) is 0 Å². The van der Waals surface area contributed by atoms with Gasteiger partial charge >= 0.3 is 0 Å². The van der Waals surface area contributed by atoms with Gasteiger partial charge < -0.3 is 15.2 Å². The number of fused-ring (bicyclic) bond motifs is 1. The lowest BCUT2D eigenvalue weighted by Gasteiger charge is -2.12. The van der Waals surface area contributed by atoms with Gasteiger partial charge in [0.2, 0.25) is 0 Å². The van der Waals surface area contributed by atoms with Crippen LogP contribution in [0.3, 0.4) is 0 Å². The number of aliphatic hydroxyl groups excluding tert-OH is 1. The largest absolute Gasteiger partial charge is 0.367 e. The molecule has 0 heterocycles. The standard InChI is InChI=1S/C15H19NO2/c1-2-18-15(17)11-16-10-13-8-5-7-12-6-3-4-9-14(12)13/h3-9,15-17H,2,10-11H2,1H3. The van der Waals surface area contributed by atoms with Crippen LogP contribution in [0.2, 0.25) is 0 Å². The highest BCUT2D eigenvalue weighted by atomic mass is 16.6. The van der Waals surface area contributed by atoms with Crippen LogP contribution in [0.4, 0.5) is 0 Å². The molecular formula is C15H19NO2. The first kappa shape index (κ1) is 13.0. The van der Waals surface area contributed by atoms with Crippen LogP contribution >= 0.6 is 0 Å². The molecule has 0 saturated carbocycles. The van der Waals surface area contributed by atoms with Gasteiger partial charge in [-0.1, -0.05) is 42.5 Å². The molecule has 0 aliphatic carbocycles. The lowest BCUT2D eigenvalue weighted by atomic mass is 10.0. The molecule has 2 rings (SSSR count). The highest BCUT2D eigenvalue weighted by Crippen LogP contribution is 2.18. The van der Waals surface area contributed by atoms with Crippen molar-refractivity contribution < 1.29 is 9.84 Å². The predicted octanol–water partition coefficient (Wildman–Crippen LogP) is 2.28. The fourth-order valence-electron chi connectivity index (χ4n) is 2.03. The normalized spacial score (nSPS) is 12.8. The van der Waals surface area contributed by atoms with E-state index in [2.05, 4.69) is 35.6 Å². The Labute approximate surface area is 107 Å². The number of ether oxygens (including phenoxy) is 1. The molecule has 2 N–H and O–H groups in total. The average molecular weight is 245 g/mol. The Morgan fingerprint density at radius 2 is 1.94 bits per heavy atom. The Balaban J connectivity index is 1.99. The molecule has 18 heavy (non-hydrogen) atoms. The second-order valence-electron chi connectivity index (χ2n) is 4.18. The minimum Gasteiger partial charge on any atom is -0.367 e. The van der Waals surface area contributed by atoms with E-state index in [1.165, 1.54) is 16.3 Å². The van der Waals surface area contributed by atoms with Gasteiger partial charge in [0.1, 0.15) is 0 Å². The lowest BCUT2D eigenvalue weighted by molar-refractivity contribution is -0.0914. The zero-order valence-corrected chi connectivity index (χ0v) is 10.6. The second-order valence-corrected chi connectivity index (χ2v) is 4.18. The monoisotopic (exact) mass is 245 g/mol. The number of benzene rings is 2. The molecule has 2 aromatic carbocycles. The van der Waals surface area contributed by atoms with Crippen LogP contribution in [0, 0.1) is 0 Å². The van der Waals surface area contributed by atoms with Crippen molar-refractivity contribution in [1.82, 2.24) is 5.32 Å². The summed E-state index contributed by atoms with van der Waals surface area (Å²) in [7, 11) is 0. The Kier molecular flexibility index (Phi) is 4.70. The number of nitrogens with one attached hydrogen (secondary N) is 1. The third-order valence-corrected chi connectivity index (χ3v) is 2.87. The van der Waals surface area contributed by atoms with E-state index in [0.29, 0.717) is 13.2 Å². The van der Waals surface area contributed by atoms with Crippen molar-refractivity contribution in [2.24, 2.45) is 0 Å². The van der Waals surface area contributed by atoms with Gasteiger partial charge in [0.05, 0.1) is 0 Å². The first-order valence-electron chi connectivity index (χ1n) is 6.28. The molecule has 0 amide bonds. The van der Waals surface area contributed by atoms with E-state index in [0.717, 1.165) is 6.54 Å². The fraction of sp³-hybridized carbons (Fsp3) is 0.333. The van der Waals surface area contributed by atoms with Gasteiger partial charge in [-0.05, 0) is 23.3 Å². The van der Waals surface area contributed by atoms with Crippen LogP contribution in [-0.4, -0.2) is 24.5 Å². The van der Waals surface area contributed by atoms with Crippen LogP contribution < -0.4 is 5.32 Å². The number of aliphatic hydroxyl groups is 1. The number of hydrogen-bond acceptors (Lipinski definition) is 3. The zero-order chi connectivity index (χ0) is 12.8. The zero-order valence-electron chi connectivity index (χ0n) is 10.6. The van der Waals surface area contributed by atoms with Crippen molar-refractivity contribution in [3.8, 4) is 0 Å². The minimum absolute atomic E-state index is 0.442. The Bertz CT molecular complexity index is 493. The van der Waals surface area contributed by atoms with Crippen molar-refractivity contribution in [1.29, 1.82) is 0 Å². The maximum Gasteiger partial charge on any atom is 0.167 e. The van der Waals surface area contributed by atoms with Crippen molar-refractivity contribution in [3.05, 3.63) is 48.0 Å². The van der Waals surface area contributed by atoms with E-state index >= 15 is 0 Å². The molecule has 0 radical (unpaired) electrons. The van der Waals surface area contributed by atoms with Gasteiger partial charge in [-0.25, -0.2) is 0 Å². The molecule has 0 saturated heterocycles. The summed E-state index contributed by atoms with van der Waals surface area (Å²) >= 11 is 0. The van der Waals surface area contributed by atoms with Crippen LogP contribution in [0.5, 0.6) is 0 Å². The summed E-state index contributed by atoms with van der Waals surface area (Å²) in [5, 5.41) is 15.1. The van der Waals surface area contributed by atoms with Crippen LogP contribution in [0.25, 0.3) is 10.8 Å². The predicted molar refractivity (Wildman–Crippen MR) is 73.3 cm³/mol. The molecule has 0 bridgehead atoms. The quantitative estimate of drug-likeness (QED) is 0.767. The lowest BCUT2D eigenvalue weighted by Crippen LogP contribution is -2.28. The van der Waals surface area contributed by atoms with Crippen molar-refractivity contribution in [2.45, 2.75) is 19.8 Å². The molecular weight excluding hydrogens is 226 g/mol. The summed E-state index contributed by atoms with van der Waals surface area (Å²) in [4.78, 5) is 0. The van der Waals surface area contributed by atoms with Crippen LogP contribution in [-0.2, 0) is 11.3 Å². The summed E-state index contributed by atoms with van der Waals surface area (Å²) in [6.07, 6.45) is -0.732. The summed E-state index contributed by atoms with van der Waals surface area (Å²) < 4.78 is 5.06. The van der Waals surface area contributed by atoms with Crippen LogP contribution in [0.15, 0.2) is 42.5 Å². The van der Waals surface area contributed by atoms with E-state index in [1.807, 2.05) is 19.1 Å². The van der Waals surface area contributed by atoms with Crippen LogP contribution in [0.1, 0.15) is 12.5 Å². The smallest absolute Gasteiger partial charge is 0.167 e. The Hall–Kier alpha value is -1.42. The van der Waals surface area contributed by atoms with Gasteiger partial charge in [-0.3, -0.25) is 0 Å². The molecule has 0 aromatic heterocycles. The molecule has 3 nitrogen and oxygen atoms in total. The van der Waals surface area contributed by atoms with E-state index < -0.39 is 6.29 Å². The summed E-state index contributed by atoms with van der Waals surface area (Å²) in [6, 6.07) is 14.6. The van der Waals surface area contributed by atoms with Crippen molar-refractivity contribution in [2.75, 3.05) is 13.2 Å². The van der Waals surface area contributed by atoms with Crippen molar-refractivity contribution in [3.63, 3.8) is 0 Å². The summed E-state index contributed by atoms with van der Waals surface area (Å²) in [5.74, 6) is 0. The molecule has 1 unspecified atom stereocenters. The summed E-state index contributed by atoms with van der Waals surface area (Å²) in [5.41, 5.74) is 1.23. The number of rotatable bonds is 6. The van der Waals surface area contributed by atoms with E-state index in [9.17, 15) is 5.11 Å². The first-order chi connectivity index (χ1) is 8.81. The molecule has 0 aliphatic heterocycles. The fourth-order valence-corrected chi connectivity index (χ4v) is 2.03. The average Bonchev–Trinajstić information content (AvgIpc) is 2.39. The topological polar surface area (TPSA) is 41.5 Å². The third-order valence-electron chi connectivity index (χ3n) is 2.87.